The van der Waals surface area contributed by atoms with Crippen LogP contribution >= 0.6 is 0 Å². The van der Waals surface area contributed by atoms with Gasteiger partial charge in [-0.05, 0) is 56.8 Å². The van der Waals surface area contributed by atoms with Gasteiger partial charge in [0.25, 0.3) is 0 Å². The molecular formula is C14H27NO. The number of nitrogens with one attached hydrogen (secondary N) is 1. The maximum absolute atomic E-state index is 10.0. The highest BCUT2D eigenvalue weighted by Gasteiger charge is 2.35. The molecule has 0 atom stereocenters. The molecule has 2 heteroatoms. The van der Waals surface area contributed by atoms with Gasteiger partial charge in [-0.3, -0.25) is 0 Å². The van der Waals surface area contributed by atoms with Crippen molar-refractivity contribution in [2.75, 3.05) is 6.54 Å². The van der Waals surface area contributed by atoms with E-state index in [0.717, 1.165) is 31.2 Å². The zero-order chi connectivity index (χ0) is 11.6. The molecule has 0 radical (unpaired) electrons. The van der Waals surface area contributed by atoms with Crippen molar-refractivity contribution in [3.63, 3.8) is 0 Å². The first-order valence-corrected chi connectivity index (χ1v) is 7.05. The SMILES string of the molecule is CC(C)C1CCC(NCC2(O)CCC2)CC1. The van der Waals surface area contributed by atoms with E-state index < -0.39 is 0 Å². The molecule has 2 saturated carbocycles. The third-order valence-corrected chi connectivity index (χ3v) is 4.72. The quantitative estimate of drug-likeness (QED) is 0.771. The fourth-order valence-corrected chi connectivity index (χ4v) is 3.09. The lowest BCUT2D eigenvalue weighted by Crippen LogP contribution is -2.49. The van der Waals surface area contributed by atoms with Crippen LogP contribution in [0.25, 0.3) is 0 Å². The molecule has 2 rings (SSSR count). The van der Waals surface area contributed by atoms with Crippen molar-refractivity contribution in [3.8, 4) is 0 Å². The molecule has 0 bridgehead atoms. The summed E-state index contributed by atoms with van der Waals surface area (Å²) in [5.74, 6) is 1.78. The summed E-state index contributed by atoms with van der Waals surface area (Å²) in [5, 5.41) is 13.6. The summed E-state index contributed by atoms with van der Waals surface area (Å²) in [6.07, 6.45) is 8.56. The van der Waals surface area contributed by atoms with Crippen LogP contribution in [0.4, 0.5) is 0 Å². The summed E-state index contributed by atoms with van der Waals surface area (Å²) in [6, 6.07) is 0.666. The van der Waals surface area contributed by atoms with Gasteiger partial charge < -0.3 is 10.4 Å². The number of rotatable bonds is 4. The van der Waals surface area contributed by atoms with Crippen LogP contribution in [0.2, 0.25) is 0 Å². The van der Waals surface area contributed by atoms with Crippen molar-refractivity contribution in [1.82, 2.24) is 5.32 Å². The van der Waals surface area contributed by atoms with Crippen molar-refractivity contribution in [1.29, 1.82) is 0 Å². The van der Waals surface area contributed by atoms with E-state index in [0.29, 0.717) is 6.04 Å². The van der Waals surface area contributed by atoms with Gasteiger partial charge in [0.05, 0.1) is 5.60 Å². The number of hydrogen-bond acceptors (Lipinski definition) is 2. The second-order valence-electron chi connectivity index (χ2n) is 6.31. The highest BCUT2D eigenvalue weighted by molar-refractivity contribution is 4.91. The Kier molecular flexibility index (Phi) is 3.91. The van der Waals surface area contributed by atoms with Crippen LogP contribution < -0.4 is 5.32 Å². The Morgan fingerprint density at radius 3 is 2.25 bits per heavy atom. The number of aliphatic hydroxyl groups is 1. The predicted octanol–water partition coefficient (Wildman–Crippen LogP) is 2.71. The van der Waals surface area contributed by atoms with Gasteiger partial charge in [-0.1, -0.05) is 13.8 Å². The summed E-state index contributed by atoms with van der Waals surface area (Å²) in [6.45, 7) is 5.51. The largest absolute Gasteiger partial charge is 0.389 e. The maximum Gasteiger partial charge on any atom is 0.0771 e. The first-order chi connectivity index (χ1) is 7.59. The van der Waals surface area contributed by atoms with E-state index in [-0.39, 0.29) is 5.60 Å². The highest BCUT2D eigenvalue weighted by Crippen LogP contribution is 2.33. The van der Waals surface area contributed by atoms with E-state index in [2.05, 4.69) is 19.2 Å². The molecule has 2 fully saturated rings. The molecule has 0 heterocycles. The van der Waals surface area contributed by atoms with Crippen molar-refractivity contribution in [2.24, 2.45) is 11.8 Å². The third kappa shape index (κ3) is 2.98. The van der Waals surface area contributed by atoms with E-state index in [1.165, 1.54) is 32.1 Å². The molecular weight excluding hydrogens is 198 g/mol. The van der Waals surface area contributed by atoms with Crippen molar-refractivity contribution >= 4 is 0 Å². The van der Waals surface area contributed by atoms with Gasteiger partial charge in [0.2, 0.25) is 0 Å². The monoisotopic (exact) mass is 225 g/mol. The van der Waals surface area contributed by atoms with E-state index >= 15 is 0 Å². The molecule has 0 amide bonds. The van der Waals surface area contributed by atoms with Crippen LogP contribution in [0.5, 0.6) is 0 Å². The Balaban J connectivity index is 1.65. The zero-order valence-electron chi connectivity index (χ0n) is 10.8. The molecule has 0 aromatic rings. The summed E-state index contributed by atoms with van der Waals surface area (Å²) in [7, 11) is 0. The molecule has 94 valence electrons. The van der Waals surface area contributed by atoms with E-state index in [1.807, 2.05) is 0 Å². The Morgan fingerprint density at radius 2 is 1.81 bits per heavy atom. The standard InChI is InChI=1S/C14H27NO/c1-11(2)12-4-6-13(7-5-12)15-10-14(16)8-3-9-14/h11-13,15-16H,3-10H2,1-2H3. The van der Waals surface area contributed by atoms with Gasteiger partial charge in [0, 0.05) is 12.6 Å². The van der Waals surface area contributed by atoms with E-state index in [9.17, 15) is 5.11 Å². The molecule has 16 heavy (non-hydrogen) atoms. The van der Waals surface area contributed by atoms with Crippen LogP contribution in [0, 0.1) is 11.8 Å². The van der Waals surface area contributed by atoms with Crippen molar-refractivity contribution < 1.29 is 5.11 Å². The molecule has 0 unspecified atom stereocenters. The molecule has 2 N–H and O–H groups in total. The minimum Gasteiger partial charge on any atom is -0.389 e. The minimum absolute atomic E-state index is 0.352. The van der Waals surface area contributed by atoms with Gasteiger partial charge in [-0.15, -0.1) is 0 Å². The summed E-state index contributed by atoms with van der Waals surface area (Å²) in [4.78, 5) is 0. The second-order valence-corrected chi connectivity index (χ2v) is 6.31. The summed E-state index contributed by atoms with van der Waals surface area (Å²) >= 11 is 0. The Hall–Kier alpha value is -0.0800. The lowest BCUT2D eigenvalue weighted by atomic mass is 9.78. The fourth-order valence-electron chi connectivity index (χ4n) is 3.09. The lowest BCUT2D eigenvalue weighted by Gasteiger charge is -2.39. The van der Waals surface area contributed by atoms with Gasteiger partial charge in [-0.2, -0.15) is 0 Å². The van der Waals surface area contributed by atoms with Gasteiger partial charge >= 0.3 is 0 Å². The van der Waals surface area contributed by atoms with E-state index in [1.54, 1.807) is 0 Å². The Labute approximate surface area is 99.8 Å². The van der Waals surface area contributed by atoms with Gasteiger partial charge in [-0.25, -0.2) is 0 Å². The average molecular weight is 225 g/mol. The van der Waals surface area contributed by atoms with Crippen LogP contribution in [0.1, 0.15) is 58.8 Å². The molecule has 0 saturated heterocycles. The Bertz CT molecular complexity index is 215. The summed E-state index contributed by atoms with van der Waals surface area (Å²) in [5.41, 5.74) is -0.352. The predicted molar refractivity (Wildman–Crippen MR) is 67.4 cm³/mol. The second kappa shape index (κ2) is 5.05. The molecule has 0 aromatic heterocycles. The molecule has 0 aromatic carbocycles. The van der Waals surface area contributed by atoms with E-state index in [4.69, 9.17) is 0 Å². The minimum atomic E-state index is -0.352. The highest BCUT2D eigenvalue weighted by atomic mass is 16.3. The zero-order valence-corrected chi connectivity index (χ0v) is 10.8. The molecule has 2 nitrogen and oxygen atoms in total. The van der Waals surface area contributed by atoms with Crippen molar-refractivity contribution in [2.45, 2.75) is 70.4 Å². The van der Waals surface area contributed by atoms with Crippen LogP contribution in [-0.4, -0.2) is 23.3 Å². The fraction of sp³-hybridized carbons (Fsp3) is 1.00. The topological polar surface area (TPSA) is 32.3 Å². The number of hydrogen-bond donors (Lipinski definition) is 2. The van der Waals surface area contributed by atoms with Gasteiger partial charge in [0.15, 0.2) is 0 Å². The summed E-state index contributed by atoms with van der Waals surface area (Å²) < 4.78 is 0. The third-order valence-electron chi connectivity index (χ3n) is 4.72. The smallest absolute Gasteiger partial charge is 0.0771 e. The maximum atomic E-state index is 10.0. The van der Waals surface area contributed by atoms with Crippen LogP contribution in [0.15, 0.2) is 0 Å². The molecule has 2 aliphatic carbocycles. The van der Waals surface area contributed by atoms with Crippen molar-refractivity contribution in [3.05, 3.63) is 0 Å². The molecule has 2 aliphatic rings. The van der Waals surface area contributed by atoms with Crippen LogP contribution in [-0.2, 0) is 0 Å². The normalized spacial score (nSPS) is 33.8. The lowest BCUT2D eigenvalue weighted by molar-refractivity contribution is -0.0343. The first-order valence-electron chi connectivity index (χ1n) is 7.05. The Morgan fingerprint density at radius 1 is 1.19 bits per heavy atom. The van der Waals surface area contributed by atoms with Crippen LogP contribution in [0.3, 0.4) is 0 Å². The average Bonchev–Trinajstić information content (AvgIpc) is 2.24. The molecule has 0 spiro atoms. The van der Waals surface area contributed by atoms with Gasteiger partial charge in [0.1, 0.15) is 0 Å². The first kappa shape index (κ1) is 12.4. The molecule has 0 aliphatic heterocycles.